The summed E-state index contributed by atoms with van der Waals surface area (Å²) in [6, 6.07) is 1.36. The molecule has 0 spiro atoms. The van der Waals surface area contributed by atoms with Crippen molar-refractivity contribution in [1.29, 1.82) is 0 Å². The Morgan fingerprint density at radius 1 is 1.53 bits per heavy atom. The van der Waals surface area contributed by atoms with Crippen molar-refractivity contribution in [3.8, 4) is 0 Å². The van der Waals surface area contributed by atoms with E-state index in [1.807, 2.05) is 13.8 Å². The van der Waals surface area contributed by atoms with E-state index in [2.05, 4.69) is 10.3 Å². The average molecular weight is 236 g/mol. The number of hydrogen-bond acceptors (Lipinski definition) is 3. The Morgan fingerprint density at radius 3 is 2.82 bits per heavy atom. The lowest BCUT2D eigenvalue weighted by molar-refractivity contribution is -0.117. The SMILES string of the molecule is CCC(C)CC(=O)Nc1cnccc1C(=O)O. The quantitative estimate of drug-likeness (QED) is 0.821. The van der Waals surface area contributed by atoms with Gasteiger partial charge in [-0.05, 0) is 12.0 Å². The molecule has 92 valence electrons. The van der Waals surface area contributed by atoms with Crippen LogP contribution in [0.25, 0.3) is 0 Å². The molecule has 0 fully saturated rings. The zero-order chi connectivity index (χ0) is 12.8. The summed E-state index contributed by atoms with van der Waals surface area (Å²) in [5.41, 5.74) is 0.297. The highest BCUT2D eigenvalue weighted by atomic mass is 16.4. The minimum absolute atomic E-state index is 0.0532. The van der Waals surface area contributed by atoms with E-state index in [1.165, 1.54) is 18.5 Å². The molecule has 5 nitrogen and oxygen atoms in total. The fraction of sp³-hybridized carbons (Fsp3) is 0.417. The first-order valence-corrected chi connectivity index (χ1v) is 5.51. The Labute approximate surface area is 99.9 Å². The van der Waals surface area contributed by atoms with Gasteiger partial charge in [0.1, 0.15) is 0 Å². The molecule has 0 aliphatic rings. The Morgan fingerprint density at radius 2 is 2.24 bits per heavy atom. The van der Waals surface area contributed by atoms with Crippen LogP contribution in [0.1, 0.15) is 37.0 Å². The van der Waals surface area contributed by atoms with Crippen LogP contribution in [0.4, 0.5) is 5.69 Å². The molecule has 1 heterocycles. The van der Waals surface area contributed by atoms with Crippen molar-refractivity contribution in [2.45, 2.75) is 26.7 Å². The summed E-state index contributed by atoms with van der Waals surface area (Å²) in [6.45, 7) is 3.98. The van der Waals surface area contributed by atoms with Crippen LogP contribution in [0.2, 0.25) is 0 Å². The molecule has 1 rings (SSSR count). The molecule has 2 N–H and O–H groups in total. The van der Waals surface area contributed by atoms with E-state index >= 15 is 0 Å². The molecular formula is C12H16N2O3. The van der Waals surface area contributed by atoms with E-state index in [4.69, 9.17) is 5.11 Å². The van der Waals surface area contributed by atoms with E-state index in [0.29, 0.717) is 6.42 Å². The molecule has 1 unspecified atom stereocenters. The van der Waals surface area contributed by atoms with Crippen LogP contribution in [-0.2, 0) is 4.79 Å². The molecular weight excluding hydrogens is 220 g/mol. The zero-order valence-corrected chi connectivity index (χ0v) is 9.93. The number of anilines is 1. The molecule has 1 aromatic rings. The van der Waals surface area contributed by atoms with Crippen molar-refractivity contribution in [2.75, 3.05) is 5.32 Å². The van der Waals surface area contributed by atoms with Gasteiger partial charge in [0.15, 0.2) is 0 Å². The largest absolute Gasteiger partial charge is 0.478 e. The summed E-state index contributed by atoms with van der Waals surface area (Å²) < 4.78 is 0. The first-order chi connectivity index (χ1) is 8.04. The molecule has 1 amide bonds. The topological polar surface area (TPSA) is 79.3 Å². The van der Waals surface area contributed by atoms with Gasteiger partial charge in [-0.3, -0.25) is 9.78 Å². The number of carboxylic acid groups (broad SMARTS) is 1. The standard InChI is InChI=1S/C12H16N2O3/c1-3-8(2)6-11(15)14-10-7-13-5-4-9(10)12(16)17/h4-5,7-8H,3,6H2,1-2H3,(H,14,15)(H,16,17). The van der Waals surface area contributed by atoms with E-state index in [-0.39, 0.29) is 23.1 Å². The number of pyridine rings is 1. The first-order valence-electron chi connectivity index (χ1n) is 5.51. The molecule has 0 radical (unpaired) electrons. The summed E-state index contributed by atoms with van der Waals surface area (Å²) >= 11 is 0. The number of hydrogen-bond donors (Lipinski definition) is 2. The molecule has 0 saturated heterocycles. The lowest BCUT2D eigenvalue weighted by Crippen LogP contribution is -2.17. The predicted molar refractivity (Wildman–Crippen MR) is 63.9 cm³/mol. The number of nitrogens with zero attached hydrogens (tertiary/aromatic N) is 1. The fourth-order valence-corrected chi connectivity index (χ4v) is 1.34. The molecule has 0 aliphatic heterocycles. The summed E-state index contributed by atoms with van der Waals surface area (Å²) in [5.74, 6) is -0.985. The van der Waals surface area contributed by atoms with Gasteiger partial charge in [-0.25, -0.2) is 4.79 Å². The molecule has 17 heavy (non-hydrogen) atoms. The van der Waals surface area contributed by atoms with E-state index < -0.39 is 5.97 Å². The van der Waals surface area contributed by atoms with Crippen LogP contribution in [0.5, 0.6) is 0 Å². The summed E-state index contributed by atoms with van der Waals surface area (Å²) in [6.07, 6.45) is 4.02. The Hall–Kier alpha value is -1.91. The maximum absolute atomic E-state index is 11.6. The predicted octanol–water partition coefficient (Wildman–Crippen LogP) is 2.15. The summed E-state index contributed by atoms with van der Waals surface area (Å²) in [5, 5.41) is 11.5. The highest BCUT2D eigenvalue weighted by molar-refractivity contribution is 6.00. The average Bonchev–Trinajstić information content (AvgIpc) is 2.29. The summed E-state index contributed by atoms with van der Waals surface area (Å²) in [4.78, 5) is 26.3. The monoisotopic (exact) mass is 236 g/mol. The number of carboxylic acids is 1. The van der Waals surface area contributed by atoms with Gasteiger partial charge >= 0.3 is 5.97 Å². The van der Waals surface area contributed by atoms with Crippen molar-refractivity contribution in [1.82, 2.24) is 4.98 Å². The van der Waals surface area contributed by atoms with Gasteiger partial charge in [0.25, 0.3) is 0 Å². The second-order valence-electron chi connectivity index (χ2n) is 3.99. The van der Waals surface area contributed by atoms with Crippen molar-refractivity contribution < 1.29 is 14.7 Å². The van der Waals surface area contributed by atoms with E-state index in [1.54, 1.807) is 0 Å². The van der Waals surface area contributed by atoms with Crippen LogP contribution in [0, 0.1) is 5.92 Å². The lowest BCUT2D eigenvalue weighted by atomic mass is 10.0. The Kier molecular flexibility index (Phi) is 4.63. The van der Waals surface area contributed by atoms with Crippen LogP contribution < -0.4 is 5.32 Å². The number of rotatable bonds is 5. The smallest absolute Gasteiger partial charge is 0.337 e. The van der Waals surface area contributed by atoms with Gasteiger partial charge in [0.05, 0.1) is 17.4 Å². The van der Waals surface area contributed by atoms with Crippen molar-refractivity contribution in [3.63, 3.8) is 0 Å². The molecule has 5 heteroatoms. The molecule has 0 bridgehead atoms. The molecule has 0 aromatic carbocycles. The second-order valence-corrected chi connectivity index (χ2v) is 3.99. The maximum Gasteiger partial charge on any atom is 0.337 e. The van der Waals surface area contributed by atoms with Crippen molar-refractivity contribution in [3.05, 3.63) is 24.0 Å². The van der Waals surface area contributed by atoms with E-state index in [0.717, 1.165) is 6.42 Å². The number of aromatic nitrogens is 1. The number of carbonyl (C=O) groups excluding carboxylic acids is 1. The van der Waals surface area contributed by atoms with Crippen molar-refractivity contribution in [2.24, 2.45) is 5.92 Å². The number of carbonyl (C=O) groups is 2. The normalized spacial score (nSPS) is 11.9. The van der Waals surface area contributed by atoms with Gasteiger partial charge in [0.2, 0.25) is 5.91 Å². The number of aromatic carboxylic acids is 1. The molecule has 1 atom stereocenters. The van der Waals surface area contributed by atoms with E-state index in [9.17, 15) is 9.59 Å². The van der Waals surface area contributed by atoms with Gasteiger partial charge in [-0.1, -0.05) is 20.3 Å². The fourth-order valence-electron chi connectivity index (χ4n) is 1.34. The molecule has 0 saturated carbocycles. The number of nitrogens with one attached hydrogen (secondary N) is 1. The third-order valence-corrected chi connectivity index (χ3v) is 2.56. The molecule has 1 aromatic heterocycles. The van der Waals surface area contributed by atoms with Crippen molar-refractivity contribution >= 4 is 17.6 Å². The number of amides is 1. The van der Waals surface area contributed by atoms with Crippen LogP contribution in [0.15, 0.2) is 18.5 Å². The third-order valence-electron chi connectivity index (χ3n) is 2.56. The Balaban J connectivity index is 2.74. The highest BCUT2D eigenvalue weighted by Crippen LogP contribution is 2.15. The first kappa shape index (κ1) is 13.2. The van der Waals surface area contributed by atoms with Crippen LogP contribution in [0.3, 0.4) is 0 Å². The second kappa shape index (κ2) is 5.98. The minimum atomic E-state index is -1.08. The highest BCUT2D eigenvalue weighted by Gasteiger charge is 2.13. The third kappa shape index (κ3) is 3.86. The van der Waals surface area contributed by atoms with Gasteiger partial charge in [0, 0.05) is 12.6 Å². The zero-order valence-electron chi connectivity index (χ0n) is 9.93. The van der Waals surface area contributed by atoms with Crippen LogP contribution in [-0.4, -0.2) is 22.0 Å². The molecule has 0 aliphatic carbocycles. The van der Waals surface area contributed by atoms with Gasteiger partial charge in [-0.2, -0.15) is 0 Å². The lowest BCUT2D eigenvalue weighted by Gasteiger charge is -2.10. The minimum Gasteiger partial charge on any atom is -0.478 e. The maximum atomic E-state index is 11.6. The Bertz CT molecular complexity index is 418. The van der Waals surface area contributed by atoms with Gasteiger partial charge in [-0.15, -0.1) is 0 Å². The summed E-state index contributed by atoms with van der Waals surface area (Å²) in [7, 11) is 0. The van der Waals surface area contributed by atoms with Gasteiger partial charge < -0.3 is 10.4 Å². The van der Waals surface area contributed by atoms with Crippen LogP contribution >= 0.6 is 0 Å².